The van der Waals surface area contributed by atoms with E-state index in [0.29, 0.717) is 23.1 Å². The van der Waals surface area contributed by atoms with Gasteiger partial charge in [0.1, 0.15) is 6.04 Å². The van der Waals surface area contributed by atoms with Gasteiger partial charge in [0, 0.05) is 13.1 Å². The van der Waals surface area contributed by atoms with Crippen LogP contribution in [0.3, 0.4) is 0 Å². The van der Waals surface area contributed by atoms with Gasteiger partial charge in [0.05, 0.1) is 22.8 Å². The Morgan fingerprint density at radius 3 is 2.59 bits per heavy atom. The second-order valence-electron chi connectivity index (χ2n) is 5.56. The number of halogens is 2. The van der Waals surface area contributed by atoms with E-state index in [-0.39, 0.29) is 12.1 Å². The summed E-state index contributed by atoms with van der Waals surface area (Å²) in [5.74, 6) is -0.738. The van der Waals surface area contributed by atoms with E-state index in [2.05, 4.69) is 0 Å². The smallest absolute Gasteiger partial charge is 0.320 e. The average Bonchev–Trinajstić information content (AvgIpc) is 2.50. The lowest BCUT2D eigenvalue weighted by Crippen LogP contribution is -2.46. The van der Waals surface area contributed by atoms with E-state index in [4.69, 9.17) is 27.9 Å². The molecule has 1 unspecified atom stereocenters. The van der Waals surface area contributed by atoms with Crippen molar-refractivity contribution >= 4 is 29.2 Å². The van der Waals surface area contributed by atoms with Crippen LogP contribution in [0.15, 0.2) is 18.2 Å². The monoisotopic (exact) mass is 345 g/mol. The standard InChI is InChI=1S/C16H21Cl2NO3/c1-2-15(16(20)21)19-7-5-12(6-8-19)22-10-11-3-4-13(17)14(18)9-11/h3-4,9,12,15H,2,5-8,10H2,1H3,(H,20,21). The summed E-state index contributed by atoms with van der Waals surface area (Å²) in [6.07, 6.45) is 2.50. The minimum absolute atomic E-state index is 0.164. The Morgan fingerprint density at radius 1 is 1.36 bits per heavy atom. The summed E-state index contributed by atoms with van der Waals surface area (Å²) in [7, 11) is 0. The van der Waals surface area contributed by atoms with Crippen LogP contribution >= 0.6 is 23.2 Å². The maximum atomic E-state index is 11.2. The van der Waals surface area contributed by atoms with E-state index >= 15 is 0 Å². The van der Waals surface area contributed by atoms with Crippen LogP contribution in [0.4, 0.5) is 0 Å². The van der Waals surface area contributed by atoms with Crippen molar-refractivity contribution in [2.24, 2.45) is 0 Å². The molecule has 0 aromatic heterocycles. The lowest BCUT2D eigenvalue weighted by atomic mass is 10.0. The molecule has 2 rings (SSSR count). The zero-order valence-corrected chi connectivity index (χ0v) is 14.1. The summed E-state index contributed by atoms with van der Waals surface area (Å²) in [5.41, 5.74) is 0.994. The number of nitrogens with zero attached hydrogens (tertiary/aromatic N) is 1. The molecule has 1 heterocycles. The first kappa shape index (κ1) is 17.5. The molecule has 1 aliphatic heterocycles. The van der Waals surface area contributed by atoms with Crippen molar-refractivity contribution in [2.75, 3.05) is 13.1 Å². The molecule has 0 bridgehead atoms. The van der Waals surface area contributed by atoms with Gasteiger partial charge in [0.25, 0.3) is 0 Å². The number of rotatable bonds is 6. The van der Waals surface area contributed by atoms with Gasteiger partial charge in [-0.1, -0.05) is 36.2 Å². The maximum absolute atomic E-state index is 11.2. The Morgan fingerprint density at radius 2 is 2.05 bits per heavy atom. The number of piperidine rings is 1. The van der Waals surface area contributed by atoms with Gasteiger partial charge in [0.15, 0.2) is 0 Å². The minimum atomic E-state index is -0.738. The van der Waals surface area contributed by atoms with Crippen molar-refractivity contribution in [2.45, 2.75) is 44.9 Å². The SMILES string of the molecule is CCC(C(=O)O)N1CCC(OCc2ccc(Cl)c(Cl)c2)CC1. The van der Waals surface area contributed by atoms with Gasteiger partial charge in [-0.2, -0.15) is 0 Å². The first-order valence-electron chi connectivity index (χ1n) is 7.53. The van der Waals surface area contributed by atoms with Crippen LogP contribution in [-0.2, 0) is 16.1 Å². The van der Waals surface area contributed by atoms with E-state index in [1.807, 2.05) is 24.0 Å². The van der Waals surface area contributed by atoms with Crippen molar-refractivity contribution in [3.05, 3.63) is 33.8 Å². The number of aliphatic carboxylic acids is 1. The van der Waals surface area contributed by atoms with Crippen LogP contribution in [0.1, 0.15) is 31.7 Å². The van der Waals surface area contributed by atoms with Crippen LogP contribution in [0.5, 0.6) is 0 Å². The zero-order valence-electron chi connectivity index (χ0n) is 12.6. The largest absolute Gasteiger partial charge is 0.480 e. The minimum Gasteiger partial charge on any atom is -0.480 e. The van der Waals surface area contributed by atoms with Crippen molar-refractivity contribution < 1.29 is 14.6 Å². The van der Waals surface area contributed by atoms with Crippen LogP contribution < -0.4 is 0 Å². The molecule has 1 aromatic rings. The van der Waals surface area contributed by atoms with Gasteiger partial charge >= 0.3 is 5.97 Å². The molecule has 1 saturated heterocycles. The highest BCUT2D eigenvalue weighted by molar-refractivity contribution is 6.42. The summed E-state index contributed by atoms with van der Waals surface area (Å²) in [6.45, 7) is 3.93. The summed E-state index contributed by atoms with van der Waals surface area (Å²) in [5, 5.41) is 10.3. The van der Waals surface area contributed by atoms with Crippen molar-refractivity contribution in [1.82, 2.24) is 4.90 Å². The molecular weight excluding hydrogens is 325 g/mol. The predicted molar refractivity (Wildman–Crippen MR) is 87.6 cm³/mol. The Kier molecular flexibility index (Phi) is 6.50. The number of ether oxygens (including phenoxy) is 1. The van der Waals surface area contributed by atoms with Crippen molar-refractivity contribution in [1.29, 1.82) is 0 Å². The highest BCUT2D eigenvalue weighted by Crippen LogP contribution is 2.24. The van der Waals surface area contributed by atoms with Crippen molar-refractivity contribution in [3.8, 4) is 0 Å². The van der Waals surface area contributed by atoms with Crippen LogP contribution in [0, 0.1) is 0 Å². The van der Waals surface area contributed by atoms with E-state index < -0.39 is 5.97 Å². The molecule has 0 radical (unpaired) electrons. The fourth-order valence-corrected chi connectivity index (χ4v) is 3.11. The number of carboxylic acids is 1. The Bertz CT molecular complexity index is 516. The molecule has 0 amide bonds. The summed E-state index contributed by atoms with van der Waals surface area (Å²) in [4.78, 5) is 13.2. The maximum Gasteiger partial charge on any atom is 0.320 e. The Hall–Kier alpha value is -0.810. The lowest BCUT2D eigenvalue weighted by Gasteiger charge is -2.35. The fraction of sp³-hybridized carbons (Fsp3) is 0.562. The molecule has 1 N–H and O–H groups in total. The van der Waals surface area contributed by atoms with Gasteiger partial charge in [-0.25, -0.2) is 0 Å². The Labute approximate surface area is 141 Å². The summed E-state index contributed by atoms with van der Waals surface area (Å²) >= 11 is 11.9. The predicted octanol–water partition coefficient (Wildman–Crippen LogP) is 3.84. The molecule has 1 aliphatic rings. The number of benzene rings is 1. The van der Waals surface area contributed by atoms with Gasteiger partial charge in [-0.15, -0.1) is 0 Å². The molecule has 0 saturated carbocycles. The molecule has 0 spiro atoms. The topological polar surface area (TPSA) is 49.8 Å². The molecule has 4 nitrogen and oxygen atoms in total. The average molecular weight is 346 g/mol. The van der Waals surface area contributed by atoms with Gasteiger partial charge < -0.3 is 9.84 Å². The van der Waals surface area contributed by atoms with Gasteiger partial charge in [-0.05, 0) is 37.0 Å². The van der Waals surface area contributed by atoms with Crippen LogP contribution in [0.25, 0.3) is 0 Å². The molecule has 1 aromatic carbocycles. The third-order valence-electron chi connectivity index (χ3n) is 4.06. The summed E-state index contributed by atoms with van der Waals surface area (Å²) in [6, 6.07) is 5.11. The number of carbonyl (C=O) groups is 1. The van der Waals surface area contributed by atoms with E-state index in [9.17, 15) is 9.90 Å². The third-order valence-corrected chi connectivity index (χ3v) is 4.80. The third kappa shape index (κ3) is 4.59. The number of carboxylic acid groups (broad SMARTS) is 1. The molecule has 6 heteroatoms. The summed E-state index contributed by atoms with van der Waals surface area (Å²) < 4.78 is 5.91. The number of likely N-dealkylation sites (tertiary alicyclic amines) is 1. The molecule has 1 atom stereocenters. The van der Waals surface area contributed by atoms with E-state index in [1.165, 1.54) is 0 Å². The number of hydrogen-bond donors (Lipinski definition) is 1. The molecule has 122 valence electrons. The van der Waals surface area contributed by atoms with Crippen LogP contribution in [0.2, 0.25) is 10.0 Å². The molecular formula is C16H21Cl2NO3. The fourth-order valence-electron chi connectivity index (χ4n) is 2.79. The zero-order chi connectivity index (χ0) is 16.1. The second-order valence-corrected chi connectivity index (χ2v) is 6.37. The van der Waals surface area contributed by atoms with E-state index in [1.54, 1.807) is 6.07 Å². The quantitative estimate of drug-likeness (QED) is 0.850. The number of hydrogen-bond acceptors (Lipinski definition) is 3. The van der Waals surface area contributed by atoms with Gasteiger partial charge in [0.2, 0.25) is 0 Å². The molecule has 0 aliphatic carbocycles. The second kappa shape index (κ2) is 8.16. The van der Waals surface area contributed by atoms with Crippen molar-refractivity contribution in [3.63, 3.8) is 0 Å². The van der Waals surface area contributed by atoms with E-state index in [0.717, 1.165) is 31.5 Å². The highest BCUT2D eigenvalue weighted by atomic mass is 35.5. The highest BCUT2D eigenvalue weighted by Gasteiger charge is 2.28. The lowest BCUT2D eigenvalue weighted by molar-refractivity contribution is -0.144. The first-order valence-corrected chi connectivity index (χ1v) is 8.29. The Balaban J connectivity index is 1.80. The molecule has 1 fully saturated rings. The normalized spacial score (nSPS) is 18.3. The van der Waals surface area contributed by atoms with Crippen LogP contribution in [-0.4, -0.2) is 41.2 Å². The van der Waals surface area contributed by atoms with Gasteiger partial charge in [-0.3, -0.25) is 9.69 Å². The molecule has 22 heavy (non-hydrogen) atoms. The first-order chi connectivity index (χ1) is 10.5.